The molecule has 0 bridgehead atoms. The molecule has 2 aliphatic heterocycles. The summed E-state index contributed by atoms with van der Waals surface area (Å²) in [7, 11) is 3.41. The summed E-state index contributed by atoms with van der Waals surface area (Å²) in [6, 6.07) is 6.79. The Kier molecular flexibility index (Phi) is 5.00. The topological polar surface area (TPSA) is 65.4 Å². The molecule has 3 heterocycles. The maximum Gasteiger partial charge on any atom is 0.435 e. The van der Waals surface area contributed by atoms with Crippen LogP contribution in [0, 0.1) is 0 Å². The zero-order chi connectivity index (χ0) is 22.6. The average Bonchev–Trinajstić information content (AvgIpc) is 3.20. The highest BCUT2D eigenvalue weighted by Crippen LogP contribution is 2.38. The summed E-state index contributed by atoms with van der Waals surface area (Å²) in [6.07, 6.45) is -2.39. The van der Waals surface area contributed by atoms with Crippen LogP contribution in [0.1, 0.15) is 26.0 Å². The fraction of sp³-hybridized carbons (Fsp3) is 0.429. The molecule has 1 atom stereocenters. The van der Waals surface area contributed by atoms with E-state index in [1.807, 2.05) is 23.9 Å². The van der Waals surface area contributed by atoms with Crippen molar-refractivity contribution in [2.75, 3.05) is 25.5 Å². The van der Waals surface area contributed by atoms with Crippen molar-refractivity contribution in [2.24, 2.45) is 7.05 Å². The molecule has 0 fully saturated rings. The van der Waals surface area contributed by atoms with Gasteiger partial charge in [0.25, 0.3) is 0 Å². The Hall–Kier alpha value is -3.01. The number of anilines is 1. The van der Waals surface area contributed by atoms with E-state index in [2.05, 4.69) is 15.8 Å². The van der Waals surface area contributed by atoms with Crippen LogP contribution in [0.15, 0.2) is 41.7 Å². The number of rotatable bonds is 3. The first kappa shape index (κ1) is 21.2. The lowest BCUT2D eigenvalue weighted by molar-refractivity contribution is -0.141. The number of aromatic nitrogens is 2. The number of carbonyl (C=O) groups is 1. The number of alkyl halides is 3. The van der Waals surface area contributed by atoms with E-state index in [0.717, 1.165) is 23.4 Å². The van der Waals surface area contributed by atoms with E-state index in [0.29, 0.717) is 18.7 Å². The molecule has 0 aliphatic carbocycles. The van der Waals surface area contributed by atoms with Gasteiger partial charge in [-0.3, -0.25) is 9.48 Å². The molecule has 1 aromatic heterocycles. The van der Waals surface area contributed by atoms with Crippen molar-refractivity contribution >= 4 is 11.6 Å². The molecular weight excluding hydrogens is 409 g/mol. The van der Waals surface area contributed by atoms with Gasteiger partial charge in [-0.2, -0.15) is 18.3 Å². The van der Waals surface area contributed by atoms with Crippen LogP contribution in [0.3, 0.4) is 0 Å². The van der Waals surface area contributed by atoms with E-state index < -0.39 is 17.5 Å². The van der Waals surface area contributed by atoms with E-state index in [4.69, 9.17) is 0 Å². The Balaban J connectivity index is 1.59. The molecule has 1 unspecified atom stereocenters. The van der Waals surface area contributed by atoms with Gasteiger partial charge < -0.3 is 15.2 Å². The smallest absolute Gasteiger partial charge is 0.363 e. The van der Waals surface area contributed by atoms with Crippen molar-refractivity contribution in [3.8, 4) is 11.1 Å². The molecule has 10 heteroatoms. The highest BCUT2D eigenvalue weighted by atomic mass is 19.4. The molecule has 1 aromatic carbocycles. The lowest BCUT2D eigenvalue weighted by Crippen LogP contribution is -2.52. The van der Waals surface area contributed by atoms with Gasteiger partial charge in [0, 0.05) is 69.2 Å². The Morgan fingerprint density at radius 1 is 1.23 bits per heavy atom. The number of nitrogens with zero attached hydrogens (tertiary/aromatic N) is 4. The van der Waals surface area contributed by atoms with E-state index >= 15 is 0 Å². The molecule has 0 saturated carbocycles. The third kappa shape index (κ3) is 3.87. The summed E-state index contributed by atoms with van der Waals surface area (Å²) in [5, 5.41) is 8.99. The second-order valence-corrected chi connectivity index (χ2v) is 8.18. The average molecular weight is 434 g/mol. The van der Waals surface area contributed by atoms with Crippen LogP contribution in [0.25, 0.3) is 11.1 Å². The van der Waals surface area contributed by atoms with Gasteiger partial charge in [0.2, 0.25) is 5.91 Å². The number of halogens is 3. The highest BCUT2D eigenvalue weighted by molar-refractivity contribution is 5.74. The quantitative estimate of drug-likeness (QED) is 0.777. The number of hydrazine groups is 1. The Morgan fingerprint density at radius 3 is 2.52 bits per heavy atom. The molecule has 0 spiro atoms. The summed E-state index contributed by atoms with van der Waals surface area (Å²) in [5.41, 5.74) is 5.34. The van der Waals surface area contributed by atoms with Gasteiger partial charge in [-0.1, -0.05) is 12.1 Å². The van der Waals surface area contributed by atoms with Gasteiger partial charge in [0.15, 0.2) is 5.69 Å². The summed E-state index contributed by atoms with van der Waals surface area (Å²) in [6.45, 7) is 4.76. The maximum atomic E-state index is 13.3. The number of nitrogens with one attached hydrogen (secondary N) is 2. The fourth-order valence-electron chi connectivity index (χ4n) is 4.34. The van der Waals surface area contributed by atoms with E-state index in [-0.39, 0.29) is 11.5 Å². The molecule has 31 heavy (non-hydrogen) atoms. The highest BCUT2D eigenvalue weighted by Gasteiger charge is 2.42. The van der Waals surface area contributed by atoms with Crippen molar-refractivity contribution < 1.29 is 18.0 Å². The van der Waals surface area contributed by atoms with Crippen molar-refractivity contribution in [3.05, 3.63) is 47.4 Å². The van der Waals surface area contributed by atoms with Gasteiger partial charge >= 0.3 is 6.18 Å². The first-order chi connectivity index (χ1) is 14.5. The minimum Gasteiger partial charge on any atom is -0.363 e. The molecule has 1 amide bonds. The third-order valence-electron chi connectivity index (χ3n) is 5.85. The summed E-state index contributed by atoms with van der Waals surface area (Å²) < 4.78 is 41.1. The van der Waals surface area contributed by atoms with E-state index in [9.17, 15) is 18.0 Å². The lowest BCUT2D eigenvalue weighted by Gasteiger charge is -2.34. The second kappa shape index (κ2) is 7.30. The molecule has 166 valence electrons. The minimum atomic E-state index is -4.52. The normalized spacial score (nSPS) is 21.5. The van der Waals surface area contributed by atoms with Gasteiger partial charge in [-0.25, -0.2) is 5.43 Å². The zero-order valence-corrected chi connectivity index (χ0v) is 17.8. The van der Waals surface area contributed by atoms with Crippen LogP contribution < -0.4 is 10.7 Å². The van der Waals surface area contributed by atoms with Crippen molar-refractivity contribution in [3.63, 3.8) is 0 Å². The predicted octanol–water partition coefficient (Wildman–Crippen LogP) is 3.19. The summed E-state index contributed by atoms with van der Waals surface area (Å²) in [4.78, 5) is 13.7. The van der Waals surface area contributed by atoms with E-state index in [1.54, 1.807) is 31.2 Å². The maximum absolute atomic E-state index is 13.3. The molecule has 2 aliphatic rings. The lowest BCUT2D eigenvalue weighted by atomic mass is 9.95. The van der Waals surface area contributed by atoms with Gasteiger partial charge in [0.1, 0.15) is 5.66 Å². The third-order valence-corrected chi connectivity index (χ3v) is 5.85. The zero-order valence-electron chi connectivity index (χ0n) is 17.8. The Labute approximate surface area is 178 Å². The minimum absolute atomic E-state index is 0.0322. The number of benzene rings is 1. The molecule has 2 N–H and O–H groups in total. The molecule has 0 radical (unpaired) electrons. The number of amides is 1. The largest absolute Gasteiger partial charge is 0.435 e. The first-order valence-corrected chi connectivity index (χ1v) is 9.97. The molecule has 4 rings (SSSR count). The number of hydrogen-bond acceptors (Lipinski definition) is 5. The van der Waals surface area contributed by atoms with Crippen molar-refractivity contribution in [2.45, 2.75) is 32.1 Å². The van der Waals surface area contributed by atoms with Crippen LogP contribution >= 0.6 is 0 Å². The first-order valence-electron chi connectivity index (χ1n) is 9.97. The van der Waals surface area contributed by atoms with Gasteiger partial charge in [0.05, 0.1) is 0 Å². The standard InChI is InChI=1S/C21H25F3N6O/c1-13(31)30-10-9-18-17(12-30)20(2,27-29(18)4)25-15-7-5-14(6-8-15)16-11-28(3)26-19(16)21(22,23)24/h5-8,11,25,27H,9-10,12H2,1-4H3. The summed E-state index contributed by atoms with van der Waals surface area (Å²) >= 11 is 0. The van der Waals surface area contributed by atoms with Gasteiger partial charge in [-0.05, 0) is 24.6 Å². The van der Waals surface area contributed by atoms with Crippen LogP contribution in [0.2, 0.25) is 0 Å². The molecule has 0 saturated heterocycles. The number of hydrogen-bond donors (Lipinski definition) is 2. The fourth-order valence-corrected chi connectivity index (χ4v) is 4.34. The number of carbonyl (C=O) groups excluding carboxylic acids is 1. The summed E-state index contributed by atoms with van der Waals surface area (Å²) in [5.74, 6) is 0.0322. The van der Waals surface area contributed by atoms with Crippen LogP contribution in [-0.4, -0.2) is 51.4 Å². The van der Waals surface area contributed by atoms with Crippen LogP contribution in [0.5, 0.6) is 0 Å². The SMILES string of the molecule is CC(=O)N1CCC2=C(C1)C(C)(Nc1ccc(-c3cn(C)nc3C(F)(F)F)cc1)NN2C. The van der Waals surface area contributed by atoms with Crippen molar-refractivity contribution in [1.82, 2.24) is 25.1 Å². The molecule has 7 nitrogen and oxygen atoms in total. The van der Waals surface area contributed by atoms with Crippen molar-refractivity contribution in [1.29, 1.82) is 0 Å². The number of aryl methyl sites for hydroxylation is 1. The Bertz CT molecular complexity index is 1040. The van der Waals surface area contributed by atoms with E-state index in [1.165, 1.54) is 17.9 Å². The van der Waals surface area contributed by atoms with Crippen LogP contribution in [0.4, 0.5) is 18.9 Å². The Morgan fingerprint density at radius 2 is 1.90 bits per heavy atom. The molecular formula is C21H25F3N6O. The van der Waals surface area contributed by atoms with Gasteiger partial charge in [-0.15, -0.1) is 0 Å². The molecule has 2 aromatic rings. The van der Waals surface area contributed by atoms with Crippen LogP contribution in [-0.2, 0) is 18.0 Å². The predicted molar refractivity (Wildman–Crippen MR) is 110 cm³/mol. The second-order valence-electron chi connectivity index (χ2n) is 8.18. The monoisotopic (exact) mass is 434 g/mol.